The number of halogens is 1. The number of aryl methyl sites for hydroxylation is 2. The highest BCUT2D eigenvalue weighted by molar-refractivity contribution is 6.31. The first kappa shape index (κ1) is 12.0. The number of imide groups is 1. The van der Waals surface area contributed by atoms with Crippen LogP contribution in [0.4, 0.5) is 5.95 Å². The van der Waals surface area contributed by atoms with Crippen LogP contribution in [0.2, 0.25) is 5.02 Å². The number of rotatable bonds is 1. The van der Waals surface area contributed by atoms with Gasteiger partial charge in [0.05, 0.1) is 16.4 Å². The van der Waals surface area contributed by atoms with E-state index in [9.17, 15) is 9.59 Å². The van der Waals surface area contributed by atoms with Crippen molar-refractivity contribution in [3.63, 3.8) is 0 Å². The van der Waals surface area contributed by atoms with Crippen LogP contribution in [0.3, 0.4) is 0 Å². The van der Waals surface area contributed by atoms with Crippen molar-refractivity contribution < 1.29 is 9.59 Å². The van der Waals surface area contributed by atoms with Gasteiger partial charge in [-0.3, -0.25) is 9.59 Å². The number of fused-ring (bicyclic) bond motifs is 1. The van der Waals surface area contributed by atoms with Crippen molar-refractivity contribution in [3.8, 4) is 0 Å². The fourth-order valence-electron chi connectivity index (χ4n) is 2.04. The van der Waals surface area contributed by atoms with E-state index in [1.54, 1.807) is 13.8 Å². The number of amides is 2. The van der Waals surface area contributed by atoms with Crippen molar-refractivity contribution >= 4 is 35.1 Å². The Labute approximate surface area is 113 Å². The smallest absolute Gasteiger partial charge is 0.260 e. The number of aromatic nitrogens is 4. The molecule has 19 heavy (non-hydrogen) atoms. The molecule has 0 atom stereocenters. The van der Waals surface area contributed by atoms with Gasteiger partial charge in [0.1, 0.15) is 0 Å². The van der Waals surface area contributed by atoms with Gasteiger partial charge < -0.3 is 0 Å². The quantitative estimate of drug-likeness (QED) is 0.729. The van der Waals surface area contributed by atoms with Crippen molar-refractivity contribution in [2.45, 2.75) is 26.7 Å². The molecule has 7 nitrogen and oxygen atoms in total. The summed E-state index contributed by atoms with van der Waals surface area (Å²) in [5.41, 5.74) is 1.30. The Morgan fingerprint density at radius 2 is 1.74 bits per heavy atom. The third kappa shape index (κ3) is 1.69. The summed E-state index contributed by atoms with van der Waals surface area (Å²) in [5, 5.41) is 4.63. The number of anilines is 1. The number of hydrogen-bond donors (Lipinski definition) is 0. The second-order valence-corrected chi connectivity index (χ2v) is 4.72. The summed E-state index contributed by atoms with van der Waals surface area (Å²) in [6, 6.07) is 0. The maximum Gasteiger partial charge on any atom is 0.260 e. The molecule has 1 fully saturated rings. The van der Waals surface area contributed by atoms with Crippen molar-refractivity contribution in [1.82, 2.24) is 19.6 Å². The molecule has 0 radical (unpaired) electrons. The van der Waals surface area contributed by atoms with Crippen LogP contribution >= 0.6 is 11.6 Å². The predicted octanol–water partition coefficient (Wildman–Crippen LogP) is 1.05. The van der Waals surface area contributed by atoms with Crippen LogP contribution in [0.1, 0.15) is 24.2 Å². The predicted molar refractivity (Wildman–Crippen MR) is 67.0 cm³/mol. The topological polar surface area (TPSA) is 80.5 Å². The zero-order valence-electron chi connectivity index (χ0n) is 10.3. The lowest BCUT2D eigenvalue weighted by atomic mass is 10.3. The second kappa shape index (κ2) is 3.99. The molecular formula is C11H10ClN5O2. The molecule has 0 saturated carbocycles. The van der Waals surface area contributed by atoms with Crippen LogP contribution in [0.15, 0.2) is 0 Å². The lowest BCUT2D eigenvalue weighted by molar-refractivity contribution is -0.121. The molecular weight excluding hydrogens is 270 g/mol. The Morgan fingerprint density at radius 1 is 1.11 bits per heavy atom. The van der Waals surface area contributed by atoms with Crippen molar-refractivity contribution in [3.05, 3.63) is 16.4 Å². The standard InChI is InChI=1S/C11H10ClN5O2/c1-5-9(12)6(2)17-10(13-5)14-11(15-17)16-7(18)3-4-8(16)19/h3-4H2,1-2H3. The van der Waals surface area contributed by atoms with Gasteiger partial charge in [-0.25, -0.2) is 9.88 Å². The Morgan fingerprint density at radius 3 is 2.37 bits per heavy atom. The highest BCUT2D eigenvalue weighted by atomic mass is 35.5. The van der Waals surface area contributed by atoms with Gasteiger partial charge in [0, 0.05) is 12.8 Å². The fraction of sp³-hybridized carbons (Fsp3) is 0.364. The number of carbonyl (C=O) groups excluding carboxylic acids is 2. The van der Waals surface area contributed by atoms with Gasteiger partial charge in [-0.05, 0) is 13.8 Å². The molecule has 0 spiro atoms. The van der Waals surface area contributed by atoms with Crippen LogP contribution < -0.4 is 4.90 Å². The average Bonchev–Trinajstić information content (AvgIpc) is 2.90. The third-order valence-electron chi connectivity index (χ3n) is 3.05. The van der Waals surface area contributed by atoms with Crippen LogP contribution in [0.5, 0.6) is 0 Å². The summed E-state index contributed by atoms with van der Waals surface area (Å²) in [5.74, 6) is -0.200. The summed E-state index contributed by atoms with van der Waals surface area (Å²) >= 11 is 6.08. The first-order chi connectivity index (χ1) is 8.99. The minimum absolute atomic E-state index is 0.0600. The van der Waals surface area contributed by atoms with Crippen molar-refractivity contribution in [2.24, 2.45) is 0 Å². The lowest BCUT2D eigenvalue weighted by Crippen LogP contribution is -2.29. The normalized spacial score (nSPS) is 15.8. The lowest BCUT2D eigenvalue weighted by Gasteiger charge is -2.06. The number of nitrogens with zero attached hydrogens (tertiary/aromatic N) is 5. The van der Waals surface area contributed by atoms with Crippen molar-refractivity contribution in [2.75, 3.05) is 4.90 Å². The number of hydrogen-bond acceptors (Lipinski definition) is 5. The molecule has 2 aromatic heterocycles. The van der Waals surface area contributed by atoms with Crippen LogP contribution in [-0.2, 0) is 9.59 Å². The van der Waals surface area contributed by atoms with E-state index in [1.807, 2.05) is 0 Å². The zero-order valence-corrected chi connectivity index (χ0v) is 11.1. The zero-order chi connectivity index (χ0) is 13.7. The van der Waals surface area contributed by atoms with Crippen LogP contribution in [-0.4, -0.2) is 31.4 Å². The summed E-state index contributed by atoms with van der Waals surface area (Å²) < 4.78 is 1.43. The maximum absolute atomic E-state index is 11.7. The average molecular weight is 280 g/mol. The molecule has 3 heterocycles. The van der Waals surface area contributed by atoms with E-state index in [0.717, 1.165) is 4.90 Å². The van der Waals surface area contributed by atoms with E-state index in [2.05, 4.69) is 15.1 Å². The van der Waals surface area contributed by atoms with Crippen LogP contribution in [0, 0.1) is 13.8 Å². The highest BCUT2D eigenvalue weighted by Gasteiger charge is 2.33. The summed E-state index contributed by atoms with van der Waals surface area (Å²) in [6.45, 7) is 3.53. The summed E-state index contributed by atoms with van der Waals surface area (Å²) in [7, 11) is 0. The first-order valence-electron chi connectivity index (χ1n) is 5.74. The molecule has 1 aliphatic heterocycles. The molecule has 0 N–H and O–H groups in total. The largest absolute Gasteiger partial charge is 0.274 e. The van der Waals surface area contributed by atoms with E-state index in [1.165, 1.54) is 4.52 Å². The first-order valence-corrected chi connectivity index (χ1v) is 6.12. The molecule has 0 aliphatic carbocycles. The van der Waals surface area contributed by atoms with E-state index in [-0.39, 0.29) is 30.6 Å². The van der Waals surface area contributed by atoms with E-state index in [4.69, 9.17) is 11.6 Å². The SMILES string of the molecule is Cc1nc2nc(N3C(=O)CCC3=O)nn2c(C)c1Cl. The minimum atomic E-state index is -0.290. The van der Waals surface area contributed by atoms with E-state index >= 15 is 0 Å². The van der Waals surface area contributed by atoms with Gasteiger partial charge in [0.2, 0.25) is 11.8 Å². The molecule has 2 amide bonds. The molecule has 0 bridgehead atoms. The molecule has 0 aromatic carbocycles. The molecule has 8 heteroatoms. The Hall–Kier alpha value is -2.02. The second-order valence-electron chi connectivity index (χ2n) is 4.34. The van der Waals surface area contributed by atoms with E-state index in [0.29, 0.717) is 22.2 Å². The molecule has 1 aliphatic rings. The van der Waals surface area contributed by atoms with Crippen LogP contribution in [0.25, 0.3) is 5.78 Å². The maximum atomic E-state index is 11.7. The molecule has 1 saturated heterocycles. The van der Waals surface area contributed by atoms with Gasteiger partial charge in [-0.2, -0.15) is 9.50 Å². The van der Waals surface area contributed by atoms with Gasteiger partial charge in [0.25, 0.3) is 11.7 Å². The molecule has 0 unspecified atom stereocenters. The summed E-state index contributed by atoms with van der Waals surface area (Å²) in [4.78, 5) is 32.6. The van der Waals surface area contributed by atoms with Gasteiger partial charge in [-0.15, -0.1) is 5.10 Å². The Kier molecular flexibility index (Phi) is 2.53. The third-order valence-corrected chi connectivity index (χ3v) is 3.60. The van der Waals surface area contributed by atoms with E-state index < -0.39 is 0 Å². The Bertz CT molecular complexity index is 707. The number of carbonyl (C=O) groups is 2. The van der Waals surface area contributed by atoms with Gasteiger partial charge in [0.15, 0.2) is 0 Å². The van der Waals surface area contributed by atoms with Gasteiger partial charge >= 0.3 is 0 Å². The monoisotopic (exact) mass is 279 g/mol. The Balaban J connectivity index is 2.20. The van der Waals surface area contributed by atoms with Crippen molar-refractivity contribution in [1.29, 1.82) is 0 Å². The molecule has 3 rings (SSSR count). The summed E-state index contributed by atoms with van der Waals surface area (Å²) in [6.07, 6.45) is 0.390. The van der Waals surface area contributed by atoms with Gasteiger partial charge in [-0.1, -0.05) is 11.6 Å². The highest BCUT2D eigenvalue weighted by Crippen LogP contribution is 2.23. The minimum Gasteiger partial charge on any atom is -0.274 e. The molecule has 2 aromatic rings. The molecule has 98 valence electrons. The fourth-order valence-corrected chi connectivity index (χ4v) is 2.16.